The number of carbonyl (C=O) groups is 1. The van der Waals surface area contributed by atoms with E-state index in [1.165, 1.54) is 18.2 Å². The van der Waals surface area contributed by atoms with Crippen LogP contribution in [0, 0.1) is 11.7 Å². The first kappa shape index (κ1) is 14.0. The highest BCUT2D eigenvalue weighted by Crippen LogP contribution is 2.37. The van der Waals surface area contributed by atoms with Crippen molar-refractivity contribution in [2.75, 3.05) is 19.8 Å². The third-order valence-corrected chi connectivity index (χ3v) is 4.44. The van der Waals surface area contributed by atoms with Crippen LogP contribution in [-0.2, 0) is 9.47 Å². The van der Waals surface area contributed by atoms with Crippen LogP contribution in [0.4, 0.5) is 4.39 Å². The van der Waals surface area contributed by atoms with Crippen molar-refractivity contribution in [2.45, 2.75) is 24.9 Å². The van der Waals surface area contributed by atoms with Crippen molar-refractivity contribution >= 4 is 17.4 Å². The van der Waals surface area contributed by atoms with Crippen molar-refractivity contribution < 1.29 is 18.7 Å². The van der Waals surface area contributed by atoms with Crippen molar-refractivity contribution in [2.24, 2.45) is 5.92 Å². The number of hydrogen-bond donors (Lipinski definition) is 0. The minimum Gasteiger partial charge on any atom is -0.378 e. The van der Waals surface area contributed by atoms with Gasteiger partial charge in [-0.3, -0.25) is 4.79 Å². The molecule has 5 heteroatoms. The van der Waals surface area contributed by atoms with Crippen LogP contribution < -0.4 is 0 Å². The fraction of sp³-hybridized carbons (Fsp3) is 0.533. The molecule has 0 N–H and O–H groups in total. The molecule has 2 aliphatic rings. The fourth-order valence-electron chi connectivity index (χ4n) is 3.02. The predicted octanol–water partition coefficient (Wildman–Crippen LogP) is 3.25. The van der Waals surface area contributed by atoms with Crippen LogP contribution in [0.15, 0.2) is 18.2 Å². The summed E-state index contributed by atoms with van der Waals surface area (Å²) < 4.78 is 24.3. The maximum Gasteiger partial charge on any atom is 0.167 e. The summed E-state index contributed by atoms with van der Waals surface area (Å²) in [5.41, 5.74) is 0.0829. The molecule has 2 heterocycles. The molecule has 0 aromatic heterocycles. The van der Waals surface area contributed by atoms with Crippen LogP contribution >= 0.6 is 11.6 Å². The molecule has 0 amide bonds. The van der Waals surface area contributed by atoms with Crippen molar-refractivity contribution in [3.63, 3.8) is 0 Å². The molecule has 1 aromatic rings. The van der Waals surface area contributed by atoms with Crippen LogP contribution in [0.2, 0.25) is 5.02 Å². The summed E-state index contributed by atoms with van der Waals surface area (Å²) in [5, 5.41) is 0.179. The standard InChI is InChI=1S/C15H16ClFO3/c16-13-7-11(17)1-2-12(13)14(18)10-3-5-20-15(8-10)4-6-19-9-15/h1-2,7,10H,3-6,8-9H2. The molecule has 0 bridgehead atoms. The van der Waals surface area contributed by atoms with E-state index in [9.17, 15) is 9.18 Å². The Balaban J connectivity index is 1.79. The van der Waals surface area contributed by atoms with Gasteiger partial charge in [0.15, 0.2) is 5.78 Å². The van der Waals surface area contributed by atoms with E-state index in [0.29, 0.717) is 38.2 Å². The maximum absolute atomic E-state index is 13.1. The molecule has 2 atom stereocenters. The van der Waals surface area contributed by atoms with Gasteiger partial charge in [0.2, 0.25) is 0 Å². The highest BCUT2D eigenvalue weighted by molar-refractivity contribution is 6.34. The van der Waals surface area contributed by atoms with Gasteiger partial charge >= 0.3 is 0 Å². The number of ketones is 1. The first-order valence-corrected chi connectivity index (χ1v) is 7.18. The van der Waals surface area contributed by atoms with Gasteiger partial charge in [-0.2, -0.15) is 0 Å². The second kappa shape index (κ2) is 5.43. The topological polar surface area (TPSA) is 35.5 Å². The predicted molar refractivity (Wildman–Crippen MR) is 72.6 cm³/mol. The zero-order valence-corrected chi connectivity index (χ0v) is 11.8. The average Bonchev–Trinajstić information content (AvgIpc) is 2.86. The minimum absolute atomic E-state index is 0.0235. The molecule has 0 aliphatic carbocycles. The number of hydrogen-bond acceptors (Lipinski definition) is 3. The van der Waals surface area contributed by atoms with E-state index < -0.39 is 5.82 Å². The van der Waals surface area contributed by atoms with Gasteiger partial charge in [-0.05, 0) is 31.0 Å². The summed E-state index contributed by atoms with van der Waals surface area (Å²) in [6.07, 6.45) is 2.15. The van der Waals surface area contributed by atoms with E-state index in [1.54, 1.807) is 0 Å². The van der Waals surface area contributed by atoms with Crippen LogP contribution in [0.1, 0.15) is 29.6 Å². The first-order valence-electron chi connectivity index (χ1n) is 6.81. The van der Waals surface area contributed by atoms with Gasteiger partial charge in [0.05, 0.1) is 17.2 Å². The van der Waals surface area contributed by atoms with E-state index in [0.717, 1.165) is 6.42 Å². The van der Waals surface area contributed by atoms with Gasteiger partial charge in [0.1, 0.15) is 5.82 Å². The van der Waals surface area contributed by atoms with E-state index in [1.807, 2.05) is 0 Å². The molecule has 2 aliphatic heterocycles. The summed E-state index contributed by atoms with van der Waals surface area (Å²) in [6, 6.07) is 3.92. The van der Waals surface area contributed by atoms with E-state index in [4.69, 9.17) is 21.1 Å². The van der Waals surface area contributed by atoms with Gasteiger partial charge in [-0.1, -0.05) is 11.6 Å². The quantitative estimate of drug-likeness (QED) is 0.786. The molecule has 108 valence electrons. The van der Waals surface area contributed by atoms with Crippen LogP contribution in [-0.4, -0.2) is 31.2 Å². The molecule has 2 unspecified atom stereocenters. The Morgan fingerprint density at radius 1 is 1.40 bits per heavy atom. The lowest BCUT2D eigenvalue weighted by Crippen LogP contribution is -2.42. The SMILES string of the molecule is O=C(c1ccc(F)cc1Cl)C1CCOC2(CCOC2)C1. The summed E-state index contributed by atoms with van der Waals surface area (Å²) >= 11 is 5.98. The summed E-state index contributed by atoms with van der Waals surface area (Å²) in [5.74, 6) is -0.586. The third kappa shape index (κ3) is 2.60. The van der Waals surface area contributed by atoms with Gasteiger partial charge in [-0.15, -0.1) is 0 Å². The molecule has 3 nitrogen and oxygen atoms in total. The van der Waals surface area contributed by atoms with E-state index in [-0.39, 0.29) is 22.3 Å². The number of ether oxygens (including phenoxy) is 2. The number of benzene rings is 1. The van der Waals surface area contributed by atoms with Crippen LogP contribution in [0.3, 0.4) is 0 Å². The Labute approximate surface area is 122 Å². The van der Waals surface area contributed by atoms with Gasteiger partial charge in [0, 0.05) is 31.1 Å². The zero-order chi connectivity index (χ0) is 14.2. The summed E-state index contributed by atoms with van der Waals surface area (Å²) in [4.78, 5) is 12.6. The fourth-order valence-corrected chi connectivity index (χ4v) is 3.28. The number of rotatable bonds is 2. The molecule has 1 spiro atoms. The minimum atomic E-state index is -0.431. The van der Waals surface area contributed by atoms with Crippen LogP contribution in [0.25, 0.3) is 0 Å². The number of halogens is 2. The average molecular weight is 299 g/mol. The Morgan fingerprint density at radius 3 is 2.95 bits per heavy atom. The van der Waals surface area contributed by atoms with Gasteiger partial charge in [0.25, 0.3) is 0 Å². The van der Waals surface area contributed by atoms with Crippen molar-refractivity contribution in [3.05, 3.63) is 34.6 Å². The molecule has 2 fully saturated rings. The maximum atomic E-state index is 13.1. The van der Waals surface area contributed by atoms with E-state index >= 15 is 0 Å². The molecule has 2 saturated heterocycles. The van der Waals surface area contributed by atoms with Gasteiger partial charge < -0.3 is 9.47 Å². The molecule has 0 radical (unpaired) electrons. The van der Waals surface area contributed by atoms with Gasteiger partial charge in [-0.25, -0.2) is 4.39 Å². The first-order chi connectivity index (χ1) is 9.60. The van der Waals surface area contributed by atoms with E-state index in [2.05, 4.69) is 0 Å². The van der Waals surface area contributed by atoms with Crippen molar-refractivity contribution in [1.29, 1.82) is 0 Å². The summed E-state index contributed by atoms with van der Waals surface area (Å²) in [7, 11) is 0. The monoisotopic (exact) mass is 298 g/mol. The zero-order valence-electron chi connectivity index (χ0n) is 11.0. The molecular weight excluding hydrogens is 283 g/mol. The molecule has 0 saturated carbocycles. The Bertz CT molecular complexity index is 526. The van der Waals surface area contributed by atoms with Crippen LogP contribution in [0.5, 0.6) is 0 Å². The van der Waals surface area contributed by atoms with Crippen molar-refractivity contribution in [3.8, 4) is 0 Å². The highest BCUT2D eigenvalue weighted by atomic mass is 35.5. The summed E-state index contributed by atoms with van der Waals surface area (Å²) in [6.45, 7) is 1.78. The second-order valence-corrected chi connectivity index (χ2v) is 5.92. The van der Waals surface area contributed by atoms with Crippen molar-refractivity contribution in [1.82, 2.24) is 0 Å². The largest absolute Gasteiger partial charge is 0.378 e. The molecular formula is C15H16ClFO3. The normalized spacial score (nSPS) is 29.8. The molecule has 1 aromatic carbocycles. The second-order valence-electron chi connectivity index (χ2n) is 5.51. The Kier molecular flexibility index (Phi) is 3.80. The molecule has 3 rings (SSSR count). The molecule has 20 heavy (non-hydrogen) atoms. The lowest BCUT2D eigenvalue weighted by molar-refractivity contribution is -0.0920. The number of carbonyl (C=O) groups excluding carboxylic acids is 1. The number of Topliss-reactive ketones (excluding diaryl/α,β-unsaturated/α-hetero) is 1. The highest BCUT2D eigenvalue weighted by Gasteiger charge is 2.43. The lowest BCUT2D eigenvalue weighted by Gasteiger charge is -2.36. The Hall–Kier alpha value is -0.970. The lowest BCUT2D eigenvalue weighted by atomic mass is 9.81. The third-order valence-electron chi connectivity index (χ3n) is 4.13. The smallest absolute Gasteiger partial charge is 0.167 e. The Morgan fingerprint density at radius 2 is 2.25 bits per heavy atom.